The topological polar surface area (TPSA) is 16.4 Å². The molecule has 0 atom stereocenters. The molecule has 2 nitrogen and oxygen atoms in total. The van der Waals surface area contributed by atoms with E-state index in [4.69, 9.17) is 4.42 Å². The Morgan fingerprint density at radius 3 is 1.48 bits per heavy atom. The summed E-state index contributed by atoms with van der Waals surface area (Å²) in [5.41, 5.74) is 7.42. The van der Waals surface area contributed by atoms with Crippen molar-refractivity contribution < 1.29 is 4.42 Å². The second-order valence-corrected chi connectivity index (χ2v) is 14.0. The molecule has 2 heteroatoms. The Bertz CT molecular complexity index is 3190. The number of fused-ring (bicyclic) bond motifs is 3. The van der Waals surface area contributed by atoms with Gasteiger partial charge in [0.15, 0.2) is 0 Å². The van der Waals surface area contributed by atoms with Crippen molar-refractivity contribution in [1.29, 1.82) is 0 Å². The van der Waals surface area contributed by atoms with Crippen LogP contribution in [-0.2, 0) is 0 Å². The summed E-state index contributed by atoms with van der Waals surface area (Å²) in [5, 5.41) is 17.6. The van der Waals surface area contributed by atoms with Crippen LogP contribution in [0.2, 0.25) is 0 Å². The van der Waals surface area contributed by atoms with Gasteiger partial charge in [-0.2, -0.15) is 0 Å². The van der Waals surface area contributed by atoms with Crippen molar-refractivity contribution in [2.75, 3.05) is 4.90 Å². The Morgan fingerprint density at radius 1 is 0.346 bits per heavy atom. The van der Waals surface area contributed by atoms with Gasteiger partial charge in [0.1, 0.15) is 11.2 Å². The van der Waals surface area contributed by atoms with Crippen LogP contribution in [0, 0.1) is 0 Å². The number of anilines is 3. The number of furan rings is 1. The number of benzene rings is 11. The van der Waals surface area contributed by atoms with E-state index in [1.165, 1.54) is 64.6 Å². The molecule has 0 aliphatic heterocycles. The van der Waals surface area contributed by atoms with Crippen LogP contribution in [0.1, 0.15) is 0 Å². The predicted octanol–water partition coefficient (Wildman–Crippen LogP) is 14.5. The summed E-state index contributed by atoms with van der Waals surface area (Å²) >= 11 is 0. The van der Waals surface area contributed by atoms with E-state index in [2.05, 4.69) is 175 Å². The molecule has 0 amide bonds. The number of nitrogens with zero attached hydrogens (tertiary/aromatic N) is 1. The Hall–Kier alpha value is -6.90. The fourth-order valence-electron chi connectivity index (χ4n) is 9.02. The maximum Gasteiger partial charge on any atom is 0.143 e. The summed E-state index contributed by atoms with van der Waals surface area (Å²) in [7, 11) is 0. The van der Waals surface area contributed by atoms with Gasteiger partial charge in [0.2, 0.25) is 0 Å². The van der Waals surface area contributed by atoms with Gasteiger partial charge in [0.05, 0.1) is 11.4 Å². The van der Waals surface area contributed by atoms with Gasteiger partial charge in [-0.15, -0.1) is 0 Å². The first-order valence-electron chi connectivity index (χ1n) is 17.9. The molecular weight excluding hydrogens is 631 g/mol. The van der Waals surface area contributed by atoms with Crippen LogP contribution in [0.15, 0.2) is 180 Å². The van der Waals surface area contributed by atoms with E-state index in [0.717, 1.165) is 50.1 Å². The molecule has 0 unspecified atom stereocenters. The van der Waals surface area contributed by atoms with Crippen LogP contribution >= 0.6 is 0 Å². The zero-order valence-electron chi connectivity index (χ0n) is 28.1. The minimum atomic E-state index is 0.907. The molecule has 0 fully saturated rings. The van der Waals surface area contributed by atoms with Gasteiger partial charge in [-0.05, 0) is 89.8 Å². The van der Waals surface area contributed by atoms with E-state index in [0.29, 0.717) is 0 Å². The van der Waals surface area contributed by atoms with E-state index in [1.807, 2.05) is 6.07 Å². The van der Waals surface area contributed by atoms with Crippen molar-refractivity contribution in [3.8, 4) is 11.1 Å². The lowest BCUT2D eigenvalue weighted by Crippen LogP contribution is -2.11. The van der Waals surface area contributed by atoms with Gasteiger partial charge in [-0.1, -0.05) is 146 Å². The van der Waals surface area contributed by atoms with E-state index < -0.39 is 0 Å². The molecule has 0 aliphatic rings. The molecule has 12 rings (SSSR count). The third-order valence-corrected chi connectivity index (χ3v) is 11.3. The quantitative estimate of drug-likeness (QED) is 0.175. The van der Waals surface area contributed by atoms with Crippen molar-refractivity contribution in [3.05, 3.63) is 176 Å². The predicted molar refractivity (Wildman–Crippen MR) is 221 cm³/mol. The molecule has 12 aromatic rings. The molecule has 240 valence electrons. The first-order chi connectivity index (χ1) is 25.8. The van der Waals surface area contributed by atoms with Crippen LogP contribution in [0.5, 0.6) is 0 Å². The maximum atomic E-state index is 6.54. The third kappa shape index (κ3) is 3.78. The first-order valence-corrected chi connectivity index (χ1v) is 17.9. The van der Waals surface area contributed by atoms with Crippen LogP contribution in [-0.4, -0.2) is 0 Å². The Labute approximate surface area is 299 Å². The van der Waals surface area contributed by atoms with Gasteiger partial charge >= 0.3 is 0 Å². The molecule has 11 aromatic carbocycles. The normalized spacial score (nSPS) is 12.2. The van der Waals surface area contributed by atoms with Gasteiger partial charge < -0.3 is 9.32 Å². The number of hydrogen-bond acceptors (Lipinski definition) is 2. The van der Waals surface area contributed by atoms with E-state index >= 15 is 0 Å². The van der Waals surface area contributed by atoms with Gasteiger partial charge in [-0.3, -0.25) is 0 Å². The van der Waals surface area contributed by atoms with Crippen LogP contribution in [0.25, 0.3) is 97.7 Å². The van der Waals surface area contributed by atoms with Crippen molar-refractivity contribution in [2.45, 2.75) is 0 Å². The Morgan fingerprint density at radius 2 is 0.846 bits per heavy atom. The Balaban J connectivity index is 1.17. The lowest BCUT2D eigenvalue weighted by atomic mass is 9.91. The van der Waals surface area contributed by atoms with Crippen molar-refractivity contribution >= 4 is 104 Å². The summed E-state index contributed by atoms with van der Waals surface area (Å²) in [4.78, 5) is 2.49. The number of para-hydroxylation sites is 2. The second kappa shape index (κ2) is 10.3. The zero-order valence-corrected chi connectivity index (χ0v) is 28.1. The molecule has 1 heterocycles. The monoisotopic (exact) mass is 659 g/mol. The average molecular weight is 660 g/mol. The molecular formula is C50H29NO. The highest BCUT2D eigenvalue weighted by Gasteiger charge is 2.22. The molecule has 0 N–H and O–H groups in total. The molecule has 0 bridgehead atoms. The second-order valence-electron chi connectivity index (χ2n) is 14.0. The summed E-state index contributed by atoms with van der Waals surface area (Å²) in [6.45, 7) is 0. The van der Waals surface area contributed by atoms with E-state index in [-0.39, 0.29) is 0 Å². The third-order valence-electron chi connectivity index (χ3n) is 11.3. The molecule has 52 heavy (non-hydrogen) atoms. The Kier molecular flexibility index (Phi) is 5.53. The summed E-state index contributed by atoms with van der Waals surface area (Å²) < 4.78 is 6.54. The molecule has 0 aliphatic carbocycles. The number of hydrogen-bond donors (Lipinski definition) is 0. The molecule has 1 aromatic heterocycles. The average Bonchev–Trinajstić information content (AvgIpc) is 3.59. The van der Waals surface area contributed by atoms with Crippen molar-refractivity contribution in [1.82, 2.24) is 0 Å². The van der Waals surface area contributed by atoms with Crippen LogP contribution < -0.4 is 4.90 Å². The fourth-order valence-corrected chi connectivity index (χ4v) is 9.02. The van der Waals surface area contributed by atoms with E-state index in [1.54, 1.807) is 0 Å². The summed E-state index contributed by atoms with van der Waals surface area (Å²) in [5.74, 6) is 0. The smallest absolute Gasteiger partial charge is 0.143 e. The standard InChI is InChI=1S/C50H29NO/c1-2-16-45-39(13-1)40-15-6-14-38(50(40)52-45)36-11-5-12-37(29-36)51(43-27-23-34-19-17-30-7-3-9-32-21-25-41(43)48(34)46(30)32)44-28-24-35-20-18-31-8-4-10-33-22-26-42(44)49(35)47(31)33/h1-29H. The highest BCUT2D eigenvalue weighted by atomic mass is 16.3. The zero-order chi connectivity index (χ0) is 33.9. The lowest BCUT2D eigenvalue weighted by molar-refractivity contribution is 0.670. The van der Waals surface area contributed by atoms with E-state index in [9.17, 15) is 0 Å². The van der Waals surface area contributed by atoms with Crippen molar-refractivity contribution in [2.24, 2.45) is 0 Å². The fraction of sp³-hybridized carbons (Fsp3) is 0. The summed E-state index contributed by atoms with van der Waals surface area (Å²) in [6, 6.07) is 64.5. The lowest BCUT2D eigenvalue weighted by Gasteiger charge is -2.30. The summed E-state index contributed by atoms with van der Waals surface area (Å²) in [6.07, 6.45) is 0. The SMILES string of the molecule is c1cc(-c2cccc3c2oc2ccccc23)cc(N(c2ccc3ccc4cccc5ccc2c3c45)c2ccc3ccc4cccc5ccc2c3c45)c1. The van der Waals surface area contributed by atoms with Crippen LogP contribution in [0.3, 0.4) is 0 Å². The van der Waals surface area contributed by atoms with Crippen molar-refractivity contribution in [3.63, 3.8) is 0 Å². The first kappa shape index (κ1) is 27.9. The maximum absolute atomic E-state index is 6.54. The van der Waals surface area contributed by atoms with Gasteiger partial charge in [0.25, 0.3) is 0 Å². The molecule has 0 spiro atoms. The highest BCUT2D eigenvalue weighted by Crippen LogP contribution is 2.48. The highest BCUT2D eigenvalue weighted by molar-refractivity contribution is 6.28. The minimum absolute atomic E-state index is 0.907. The van der Waals surface area contributed by atoms with Gasteiger partial charge in [0, 0.05) is 32.8 Å². The largest absolute Gasteiger partial charge is 0.455 e. The molecule has 0 saturated heterocycles. The minimum Gasteiger partial charge on any atom is -0.455 e. The number of rotatable bonds is 4. The van der Waals surface area contributed by atoms with Crippen LogP contribution in [0.4, 0.5) is 17.1 Å². The van der Waals surface area contributed by atoms with Gasteiger partial charge in [-0.25, -0.2) is 0 Å². The molecule has 0 saturated carbocycles. The molecule has 0 radical (unpaired) electrons.